The average Bonchev–Trinajstić information content (AvgIpc) is 2.67. The Labute approximate surface area is 118 Å². The minimum atomic E-state index is -0.904. The summed E-state index contributed by atoms with van der Waals surface area (Å²) < 4.78 is 2.05. The van der Waals surface area contributed by atoms with Crippen LogP contribution in [0, 0.1) is 0 Å². The van der Waals surface area contributed by atoms with Gasteiger partial charge in [0.05, 0.1) is 17.0 Å². The number of imidazole rings is 1. The molecule has 5 nitrogen and oxygen atoms in total. The van der Waals surface area contributed by atoms with E-state index in [9.17, 15) is 9.90 Å². The van der Waals surface area contributed by atoms with E-state index in [0.29, 0.717) is 5.56 Å². The molecule has 0 bridgehead atoms. The van der Waals surface area contributed by atoms with E-state index in [0.717, 1.165) is 16.9 Å². The van der Waals surface area contributed by atoms with Gasteiger partial charge in [0.2, 0.25) is 0 Å². The third kappa shape index (κ3) is 2.41. The Hall–Kier alpha value is -1.88. The summed E-state index contributed by atoms with van der Waals surface area (Å²) in [5, 5.41) is 9.18. The van der Waals surface area contributed by atoms with E-state index < -0.39 is 11.9 Å². The molecule has 0 aliphatic carbocycles. The molecule has 1 aromatic heterocycles. The lowest BCUT2D eigenvalue weighted by Gasteiger charge is -2.17. The maximum atomic E-state index is 11.2. The fraction of sp³-hybridized carbons (Fsp3) is 0.467. The first-order chi connectivity index (χ1) is 9.25. The fourth-order valence-corrected chi connectivity index (χ4v) is 2.48. The summed E-state index contributed by atoms with van der Waals surface area (Å²) in [4.78, 5) is 15.8. The van der Waals surface area contributed by atoms with Gasteiger partial charge in [0.1, 0.15) is 5.82 Å². The van der Waals surface area contributed by atoms with Crippen molar-refractivity contribution in [2.24, 2.45) is 12.8 Å². The number of rotatable bonds is 3. The molecular weight excluding hydrogens is 254 g/mol. The SMILES string of the molecule is Cn1c(C(C)(C)C)nc2cc(C(CN)C(=O)O)ccc21. The number of aliphatic carboxylic acids is 1. The van der Waals surface area contributed by atoms with Gasteiger partial charge in [-0.05, 0) is 17.7 Å². The lowest BCUT2D eigenvalue weighted by Crippen LogP contribution is -2.21. The van der Waals surface area contributed by atoms with Crippen LogP contribution in [0.4, 0.5) is 0 Å². The number of nitrogens with two attached hydrogens (primary N) is 1. The minimum Gasteiger partial charge on any atom is -0.481 e. The molecule has 0 amide bonds. The van der Waals surface area contributed by atoms with Gasteiger partial charge in [-0.1, -0.05) is 26.8 Å². The molecule has 0 spiro atoms. The van der Waals surface area contributed by atoms with Crippen molar-refractivity contribution in [3.63, 3.8) is 0 Å². The van der Waals surface area contributed by atoms with Gasteiger partial charge < -0.3 is 15.4 Å². The van der Waals surface area contributed by atoms with Crippen LogP contribution in [0.1, 0.15) is 38.1 Å². The van der Waals surface area contributed by atoms with E-state index in [1.54, 1.807) is 0 Å². The maximum Gasteiger partial charge on any atom is 0.312 e. The quantitative estimate of drug-likeness (QED) is 0.897. The molecule has 1 aromatic carbocycles. The van der Waals surface area contributed by atoms with Crippen LogP contribution in [0.5, 0.6) is 0 Å². The van der Waals surface area contributed by atoms with E-state index in [1.807, 2.05) is 25.2 Å². The molecule has 1 atom stereocenters. The maximum absolute atomic E-state index is 11.2. The lowest BCUT2D eigenvalue weighted by molar-refractivity contribution is -0.138. The predicted octanol–water partition coefficient (Wildman–Crippen LogP) is 2.00. The highest BCUT2D eigenvalue weighted by molar-refractivity contribution is 5.81. The number of carboxylic acid groups (broad SMARTS) is 1. The number of fused-ring (bicyclic) bond motifs is 1. The fourth-order valence-electron chi connectivity index (χ4n) is 2.48. The summed E-state index contributed by atoms with van der Waals surface area (Å²) in [6, 6.07) is 5.57. The van der Waals surface area contributed by atoms with Gasteiger partial charge in [0.15, 0.2) is 0 Å². The summed E-state index contributed by atoms with van der Waals surface area (Å²) >= 11 is 0. The number of hydrogen-bond donors (Lipinski definition) is 2. The second kappa shape index (κ2) is 4.90. The number of aromatic nitrogens is 2. The van der Waals surface area contributed by atoms with Crippen molar-refractivity contribution in [2.45, 2.75) is 32.1 Å². The van der Waals surface area contributed by atoms with Gasteiger partial charge in [0, 0.05) is 19.0 Å². The molecule has 20 heavy (non-hydrogen) atoms. The first kappa shape index (κ1) is 14.5. The van der Waals surface area contributed by atoms with Gasteiger partial charge in [-0.3, -0.25) is 4.79 Å². The van der Waals surface area contributed by atoms with E-state index in [1.165, 1.54) is 0 Å². The molecule has 0 fully saturated rings. The lowest BCUT2D eigenvalue weighted by atomic mass is 9.96. The standard InChI is InChI=1S/C15H21N3O2/c1-15(2,3)14-17-11-7-9(10(8-16)13(19)20)5-6-12(11)18(14)4/h5-7,10H,8,16H2,1-4H3,(H,19,20). The van der Waals surface area contributed by atoms with Crippen molar-refractivity contribution in [2.75, 3.05) is 6.54 Å². The third-order valence-corrected chi connectivity index (χ3v) is 3.51. The highest BCUT2D eigenvalue weighted by Gasteiger charge is 2.23. The van der Waals surface area contributed by atoms with Crippen LogP contribution >= 0.6 is 0 Å². The number of hydrogen-bond acceptors (Lipinski definition) is 3. The van der Waals surface area contributed by atoms with Crippen LogP contribution in [0.3, 0.4) is 0 Å². The molecule has 0 aliphatic heterocycles. The normalized spacial score (nSPS) is 13.7. The van der Waals surface area contributed by atoms with Gasteiger partial charge in [-0.15, -0.1) is 0 Å². The molecule has 1 heterocycles. The Kier molecular flexibility index (Phi) is 3.56. The molecule has 1 unspecified atom stereocenters. The molecular formula is C15H21N3O2. The summed E-state index contributed by atoms with van der Waals surface area (Å²) in [5.74, 6) is -0.609. The van der Waals surface area contributed by atoms with Crippen molar-refractivity contribution >= 4 is 17.0 Å². The van der Waals surface area contributed by atoms with Crippen molar-refractivity contribution in [3.05, 3.63) is 29.6 Å². The predicted molar refractivity (Wildman–Crippen MR) is 78.8 cm³/mol. The van der Waals surface area contributed by atoms with E-state index in [-0.39, 0.29) is 12.0 Å². The number of aryl methyl sites for hydroxylation is 1. The van der Waals surface area contributed by atoms with Crippen molar-refractivity contribution in [3.8, 4) is 0 Å². The summed E-state index contributed by atoms with van der Waals surface area (Å²) in [5.41, 5.74) is 8.00. The Bertz CT molecular complexity index is 653. The zero-order valence-electron chi connectivity index (χ0n) is 12.3. The molecule has 5 heteroatoms. The first-order valence-corrected chi connectivity index (χ1v) is 6.65. The summed E-state index contributed by atoms with van der Waals surface area (Å²) in [7, 11) is 1.98. The molecule has 0 saturated carbocycles. The molecule has 2 rings (SSSR count). The molecule has 0 radical (unpaired) electrons. The van der Waals surface area contributed by atoms with E-state index in [2.05, 4.69) is 30.3 Å². The molecule has 0 saturated heterocycles. The van der Waals surface area contributed by atoms with Crippen LogP contribution < -0.4 is 5.73 Å². The highest BCUT2D eigenvalue weighted by atomic mass is 16.4. The van der Waals surface area contributed by atoms with Crippen LogP contribution in [0.25, 0.3) is 11.0 Å². The zero-order chi connectivity index (χ0) is 15.1. The molecule has 2 aromatic rings. The number of carboxylic acids is 1. The summed E-state index contributed by atoms with van der Waals surface area (Å²) in [6.45, 7) is 6.40. The van der Waals surface area contributed by atoms with Crippen molar-refractivity contribution in [1.29, 1.82) is 0 Å². The smallest absolute Gasteiger partial charge is 0.312 e. The third-order valence-electron chi connectivity index (χ3n) is 3.51. The van der Waals surface area contributed by atoms with Crippen LogP contribution in [-0.2, 0) is 17.3 Å². The zero-order valence-corrected chi connectivity index (χ0v) is 12.3. The molecule has 0 aliphatic rings. The summed E-state index contributed by atoms with van der Waals surface area (Å²) in [6.07, 6.45) is 0. The minimum absolute atomic E-state index is 0.0615. The Balaban J connectivity index is 2.58. The average molecular weight is 275 g/mol. The number of nitrogens with zero attached hydrogens (tertiary/aromatic N) is 2. The van der Waals surface area contributed by atoms with Crippen LogP contribution in [0.15, 0.2) is 18.2 Å². The van der Waals surface area contributed by atoms with Gasteiger partial charge in [-0.25, -0.2) is 4.98 Å². The second-order valence-corrected chi connectivity index (χ2v) is 6.12. The first-order valence-electron chi connectivity index (χ1n) is 6.65. The second-order valence-electron chi connectivity index (χ2n) is 6.12. The van der Waals surface area contributed by atoms with E-state index >= 15 is 0 Å². The van der Waals surface area contributed by atoms with Gasteiger partial charge in [-0.2, -0.15) is 0 Å². The van der Waals surface area contributed by atoms with Gasteiger partial charge in [0.25, 0.3) is 0 Å². The van der Waals surface area contributed by atoms with E-state index in [4.69, 9.17) is 5.73 Å². The topological polar surface area (TPSA) is 81.1 Å². The van der Waals surface area contributed by atoms with Crippen LogP contribution in [0.2, 0.25) is 0 Å². The van der Waals surface area contributed by atoms with Gasteiger partial charge >= 0.3 is 5.97 Å². The molecule has 108 valence electrons. The van der Waals surface area contributed by atoms with Crippen molar-refractivity contribution < 1.29 is 9.90 Å². The monoisotopic (exact) mass is 275 g/mol. The Morgan fingerprint density at radius 2 is 2.10 bits per heavy atom. The number of carbonyl (C=O) groups is 1. The van der Waals surface area contributed by atoms with Crippen LogP contribution in [-0.4, -0.2) is 27.2 Å². The Morgan fingerprint density at radius 1 is 1.45 bits per heavy atom. The number of benzene rings is 1. The molecule has 3 N–H and O–H groups in total. The largest absolute Gasteiger partial charge is 0.481 e. The van der Waals surface area contributed by atoms with Crippen molar-refractivity contribution in [1.82, 2.24) is 9.55 Å². The Morgan fingerprint density at radius 3 is 2.60 bits per heavy atom. The highest BCUT2D eigenvalue weighted by Crippen LogP contribution is 2.27.